The Kier molecular flexibility index (Phi) is 6.97. The third-order valence-corrected chi connectivity index (χ3v) is 5.45. The molecule has 2 N–H and O–H groups in total. The second-order valence-electron chi connectivity index (χ2n) is 7.38. The molecule has 0 bridgehead atoms. The Balaban J connectivity index is 1.63. The van der Waals surface area contributed by atoms with E-state index in [1.54, 1.807) is 19.2 Å². The van der Waals surface area contributed by atoms with Crippen molar-refractivity contribution in [1.82, 2.24) is 10.6 Å². The van der Waals surface area contributed by atoms with E-state index in [0.29, 0.717) is 37.8 Å². The zero-order chi connectivity index (χ0) is 21.6. The number of alkyl halides is 3. The monoisotopic (exact) mass is 423 g/mol. The molecule has 1 fully saturated rings. The molecule has 3 rings (SSSR count). The van der Waals surface area contributed by atoms with Crippen molar-refractivity contribution in [2.45, 2.75) is 31.0 Å². The van der Waals surface area contributed by atoms with Crippen LogP contribution in [0.2, 0.25) is 0 Å². The van der Waals surface area contributed by atoms with Gasteiger partial charge in [0.05, 0.1) is 5.56 Å². The average Bonchev–Trinajstić information content (AvgIpc) is 2.74. The van der Waals surface area contributed by atoms with Crippen molar-refractivity contribution < 1.29 is 22.3 Å². The molecule has 0 aliphatic carbocycles. The lowest BCUT2D eigenvalue weighted by Gasteiger charge is -2.38. The maximum Gasteiger partial charge on any atom is 0.416 e. The van der Waals surface area contributed by atoms with Crippen LogP contribution in [0, 0.1) is 5.82 Å². The van der Waals surface area contributed by atoms with Crippen molar-refractivity contribution in [2.75, 3.05) is 26.8 Å². The minimum Gasteiger partial charge on any atom is -0.381 e. The standard InChI is InChI=1S/C22H25F4N3O/c1-27-20(28-14-16-5-7-17(8-6-16)22(24,25)26)29-15-21(9-11-30-12-10-21)18-3-2-4-19(23)13-18/h2-8,13H,9-12,14-15H2,1H3,(H2,27,28,29). The first-order valence-electron chi connectivity index (χ1n) is 9.77. The molecule has 2 aromatic rings. The topological polar surface area (TPSA) is 45.7 Å². The van der Waals surface area contributed by atoms with E-state index in [1.807, 2.05) is 6.07 Å². The molecule has 8 heteroatoms. The van der Waals surface area contributed by atoms with Gasteiger partial charge in [-0.25, -0.2) is 4.39 Å². The summed E-state index contributed by atoms with van der Waals surface area (Å²) in [6, 6.07) is 11.6. The highest BCUT2D eigenvalue weighted by atomic mass is 19.4. The van der Waals surface area contributed by atoms with E-state index in [9.17, 15) is 17.6 Å². The molecule has 0 amide bonds. The quantitative estimate of drug-likeness (QED) is 0.429. The molecule has 0 radical (unpaired) electrons. The molecular weight excluding hydrogens is 398 g/mol. The van der Waals surface area contributed by atoms with E-state index >= 15 is 0 Å². The molecule has 0 saturated carbocycles. The van der Waals surface area contributed by atoms with Crippen LogP contribution in [0.15, 0.2) is 53.5 Å². The molecule has 0 aromatic heterocycles. The Labute approximate surface area is 173 Å². The van der Waals surface area contributed by atoms with Gasteiger partial charge in [-0.1, -0.05) is 24.3 Å². The van der Waals surface area contributed by atoms with Crippen molar-refractivity contribution in [3.05, 3.63) is 71.0 Å². The summed E-state index contributed by atoms with van der Waals surface area (Å²) in [5.74, 6) is 0.250. The number of hydrogen-bond acceptors (Lipinski definition) is 2. The maximum atomic E-state index is 13.8. The van der Waals surface area contributed by atoms with Gasteiger partial charge in [-0.15, -0.1) is 0 Å². The van der Waals surface area contributed by atoms with Crippen LogP contribution in [0.1, 0.15) is 29.5 Å². The molecular formula is C22H25F4N3O. The molecule has 1 aliphatic heterocycles. The van der Waals surface area contributed by atoms with Crippen LogP contribution < -0.4 is 10.6 Å². The lowest BCUT2D eigenvalue weighted by Crippen LogP contribution is -2.48. The summed E-state index contributed by atoms with van der Waals surface area (Å²) in [7, 11) is 1.63. The number of nitrogens with one attached hydrogen (secondary N) is 2. The number of benzene rings is 2. The van der Waals surface area contributed by atoms with Gasteiger partial charge in [0, 0.05) is 38.8 Å². The summed E-state index contributed by atoms with van der Waals surface area (Å²) in [4.78, 5) is 4.20. The zero-order valence-electron chi connectivity index (χ0n) is 16.7. The van der Waals surface area contributed by atoms with Gasteiger partial charge in [0.25, 0.3) is 0 Å². The van der Waals surface area contributed by atoms with Gasteiger partial charge in [0.1, 0.15) is 5.82 Å². The van der Waals surface area contributed by atoms with Crippen LogP contribution in [0.3, 0.4) is 0 Å². The van der Waals surface area contributed by atoms with E-state index < -0.39 is 11.7 Å². The van der Waals surface area contributed by atoms with Gasteiger partial charge < -0.3 is 15.4 Å². The Morgan fingerprint density at radius 1 is 1.07 bits per heavy atom. The van der Waals surface area contributed by atoms with Crippen LogP contribution in [0.4, 0.5) is 17.6 Å². The Morgan fingerprint density at radius 2 is 1.77 bits per heavy atom. The lowest BCUT2D eigenvalue weighted by atomic mass is 9.74. The van der Waals surface area contributed by atoms with Crippen molar-refractivity contribution in [3.63, 3.8) is 0 Å². The number of aliphatic imine (C=N–C) groups is 1. The summed E-state index contributed by atoms with van der Waals surface area (Å²) in [5.41, 5.74) is 0.658. The average molecular weight is 423 g/mol. The molecule has 2 aromatic carbocycles. The molecule has 0 spiro atoms. The number of nitrogens with zero attached hydrogens (tertiary/aromatic N) is 1. The zero-order valence-corrected chi connectivity index (χ0v) is 16.7. The fraction of sp³-hybridized carbons (Fsp3) is 0.409. The minimum atomic E-state index is -4.35. The van der Waals surface area contributed by atoms with E-state index in [2.05, 4.69) is 15.6 Å². The molecule has 1 aliphatic rings. The summed E-state index contributed by atoms with van der Waals surface area (Å²) < 4.78 is 57.4. The highest BCUT2D eigenvalue weighted by Crippen LogP contribution is 2.34. The number of hydrogen-bond donors (Lipinski definition) is 2. The molecule has 0 unspecified atom stereocenters. The van der Waals surface area contributed by atoms with Crippen molar-refractivity contribution in [3.8, 4) is 0 Å². The summed E-state index contributed by atoms with van der Waals surface area (Å²) in [6.45, 7) is 2.05. The van der Waals surface area contributed by atoms with Crippen molar-refractivity contribution in [1.29, 1.82) is 0 Å². The predicted molar refractivity (Wildman–Crippen MR) is 108 cm³/mol. The first-order valence-corrected chi connectivity index (χ1v) is 9.77. The van der Waals surface area contributed by atoms with E-state index in [0.717, 1.165) is 30.5 Å². The molecule has 162 valence electrons. The third kappa shape index (κ3) is 5.50. The van der Waals surface area contributed by atoms with E-state index in [-0.39, 0.29) is 11.2 Å². The fourth-order valence-corrected chi connectivity index (χ4v) is 3.62. The summed E-state index contributed by atoms with van der Waals surface area (Å²) >= 11 is 0. The first kappa shape index (κ1) is 22.1. The second-order valence-corrected chi connectivity index (χ2v) is 7.38. The third-order valence-electron chi connectivity index (χ3n) is 5.45. The van der Waals surface area contributed by atoms with Crippen LogP contribution >= 0.6 is 0 Å². The largest absolute Gasteiger partial charge is 0.416 e. The van der Waals surface area contributed by atoms with Gasteiger partial charge in [-0.3, -0.25) is 4.99 Å². The molecule has 0 atom stereocenters. The van der Waals surface area contributed by atoms with Crippen molar-refractivity contribution >= 4 is 5.96 Å². The molecule has 1 heterocycles. The lowest BCUT2D eigenvalue weighted by molar-refractivity contribution is -0.137. The number of ether oxygens (including phenoxy) is 1. The number of halogens is 4. The van der Waals surface area contributed by atoms with Crippen LogP contribution in [-0.4, -0.2) is 32.8 Å². The van der Waals surface area contributed by atoms with Crippen molar-refractivity contribution in [2.24, 2.45) is 4.99 Å². The van der Waals surface area contributed by atoms with Gasteiger partial charge in [-0.05, 0) is 48.2 Å². The van der Waals surface area contributed by atoms with Gasteiger partial charge in [-0.2, -0.15) is 13.2 Å². The molecule has 30 heavy (non-hydrogen) atoms. The SMILES string of the molecule is CN=C(NCc1ccc(C(F)(F)F)cc1)NCC1(c2cccc(F)c2)CCOCC1. The van der Waals surface area contributed by atoms with E-state index in [1.165, 1.54) is 18.2 Å². The predicted octanol–water partition coefficient (Wildman–Crippen LogP) is 4.26. The fourth-order valence-electron chi connectivity index (χ4n) is 3.62. The van der Waals surface area contributed by atoms with Crippen LogP contribution in [-0.2, 0) is 22.9 Å². The highest BCUT2D eigenvalue weighted by molar-refractivity contribution is 5.79. The minimum absolute atomic E-state index is 0.275. The Bertz CT molecular complexity index is 859. The van der Waals surface area contributed by atoms with E-state index in [4.69, 9.17) is 4.74 Å². The number of rotatable bonds is 5. The summed E-state index contributed by atoms with van der Waals surface area (Å²) in [6.07, 6.45) is -2.85. The van der Waals surface area contributed by atoms with Crippen LogP contribution in [0.25, 0.3) is 0 Å². The normalized spacial score (nSPS) is 16.9. The Hall–Kier alpha value is -2.61. The number of guanidine groups is 1. The second kappa shape index (κ2) is 9.47. The smallest absolute Gasteiger partial charge is 0.381 e. The summed E-state index contributed by atoms with van der Waals surface area (Å²) in [5, 5.41) is 6.40. The van der Waals surface area contributed by atoms with Crippen LogP contribution in [0.5, 0.6) is 0 Å². The van der Waals surface area contributed by atoms with Gasteiger partial charge >= 0.3 is 6.18 Å². The Morgan fingerprint density at radius 3 is 2.37 bits per heavy atom. The molecule has 1 saturated heterocycles. The first-order chi connectivity index (χ1) is 14.3. The van der Waals surface area contributed by atoms with Gasteiger partial charge in [0.2, 0.25) is 0 Å². The maximum absolute atomic E-state index is 13.8. The molecule has 4 nitrogen and oxygen atoms in total. The highest BCUT2D eigenvalue weighted by Gasteiger charge is 2.35. The van der Waals surface area contributed by atoms with Gasteiger partial charge in [0.15, 0.2) is 5.96 Å².